The fourth-order valence-corrected chi connectivity index (χ4v) is 2.67. The summed E-state index contributed by atoms with van der Waals surface area (Å²) in [5.74, 6) is 0.963. The number of aromatic nitrogens is 1. The van der Waals surface area contributed by atoms with Gasteiger partial charge in [-0.05, 0) is 49.3 Å². The molecule has 0 bridgehead atoms. The predicted molar refractivity (Wildman–Crippen MR) is 108 cm³/mol. The second-order valence-corrected chi connectivity index (χ2v) is 6.31. The largest absolute Gasteiger partial charge is 0.494 e. The van der Waals surface area contributed by atoms with E-state index in [1.54, 1.807) is 12.4 Å². The van der Waals surface area contributed by atoms with Crippen LogP contribution in [0, 0.1) is 0 Å². The molecule has 134 valence electrons. The Morgan fingerprint density at radius 2 is 1.56 bits per heavy atom. The summed E-state index contributed by atoms with van der Waals surface area (Å²) in [7, 11) is 0. The van der Waals surface area contributed by atoms with Gasteiger partial charge in [-0.2, -0.15) is 0 Å². The first kappa shape index (κ1) is 19.2. The van der Waals surface area contributed by atoms with Crippen molar-refractivity contribution in [3.63, 3.8) is 0 Å². The van der Waals surface area contributed by atoms with E-state index < -0.39 is 0 Å². The summed E-state index contributed by atoms with van der Waals surface area (Å²) in [6.07, 6.45) is 10.7. The van der Waals surface area contributed by atoms with Crippen molar-refractivity contribution in [1.29, 1.82) is 0 Å². The molecule has 1 aromatic carbocycles. The normalized spacial score (nSPS) is 10.2. The van der Waals surface area contributed by atoms with Gasteiger partial charge in [0, 0.05) is 24.6 Å². The van der Waals surface area contributed by atoms with E-state index >= 15 is 0 Å². The maximum atomic E-state index is 5.69. The van der Waals surface area contributed by atoms with E-state index in [0.29, 0.717) is 5.11 Å². The van der Waals surface area contributed by atoms with Gasteiger partial charge >= 0.3 is 0 Å². The lowest BCUT2D eigenvalue weighted by molar-refractivity contribution is 0.304. The Labute approximate surface area is 156 Å². The van der Waals surface area contributed by atoms with Crippen molar-refractivity contribution in [3.8, 4) is 5.75 Å². The van der Waals surface area contributed by atoms with E-state index in [4.69, 9.17) is 17.0 Å². The molecule has 0 unspecified atom stereocenters. The van der Waals surface area contributed by atoms with Crippen LogP contribution in [0.5, 0.6) is 5.75 Å². The van der Waals surface area contributed by atoms with Gasteiger partial charge in [0.1, 0.15) is 5.75 Å². The maximum absolute atomic E-state index is 5.69. The Morgan fingerprint density at radius 3 is 2.32 bits per heavy atom. The fraction of sp³-hybridized carbons (Fsp3) is 0.400. The number of pyridine rings is 1. The average molecular weight is 358 g/mol. The van der Waals surface area contributed by atoms with Crippen LogP contribution in [0.2, 0.25) is 0 Å². The van der Waals surface area contributed by atoms with Gasteiger partial charge in [0.15, 0.2) is 5.11 Å². The Hall–Kier alpha value is -2.14. The van der Waals surface area contributed by atoms with Crippen molar-refractivity contribution < 1.29 is 4.74 Å². The first-order chi connectivity index (χ1) is 12.3. The third-order valence-corrected chi connectivity index (χ3v) is 4.05. The maximum Gasteiger partial charge on any atom is 0.170 e. The van der Waals surface area contributed by atoms with Crippen molar-refractivity contribution in [2.24, 2.45) is 0 Å². The lowest BCUT2D eigenvalue weighted by atomic mass is 10.1. The molecule has 1 aromatic heterocycles. The Balaban J connectivity index is 1.38. The number of benzene rings is 1. The SMILES string of the molecule is S=C(NCCCCCCCCOc1ccccc1)Nc1ccncc1. The number of thiocarbonyl (C=S) groups is 1. The van der Waals surface area contributed by atoms with Crippen LogP contribution in [-0.2, 0) is 0 Å². The standard InChI is InChI=1S/C20H27N3OS/c25-20(23-18-12-15-21-16-13-18)22-14-8-3-1-2-4-9-17-24-19-10-6-5-7-11-19/h5-7,10-13,15-16H,1-4,8-9,14,17H2,(H2,21,22,23,25). The molecular formula is C20H27N3OS. The number of para-hydroxylation sites is 1. The summed E-state index contributed by atoms with van der Waals surface area (Å²) in [4.78, 5) is 3.98. The number of hydrogen-bond donors (Lipinski definition) is 2. The quantitative estimate of drug-likeness (QED) is 0.447. The van der Waals surface area contributed by atoms with E-state index in [0.717, 1.165) is 37.4 Å². The van der Waals surface area contributed by atoms with Crippen molar-refractivity contribution in [2.75, 3.05) is 18.5 Å². The molecule has 25 heavy (non-hydrogen) atoms. The molecule has 0 radical (unpaired) electrons. The zero-order chi connectivity index (χ0) is 17.6. The van der Waals surface area contributed by atoms with E-state index in [1.165, 1.54) is 25.7 Å². The number of anilines is 1. The predicted octanol–water partition coefficient (Wildman–Crippen LogP) is 4.79. The summed E-state index contributed by atoms with van der Waals surface area (Å²) < 4.78 is 5.69. The van der Waals surface area contributed by atoms with E-state index in [9.17, 15) is 0 Å². The Bertz CT molecular complexity index is 592. The van der Waals surface area contributed by atoms with Crippen LogP contribution in [-0.4, -0.2) is 23.2 Å². The number of nitrogens with one attached hydrogen (secondary N) is 2. The lowest BCUT2D eigenvalue weighted by Gasteiger charge is -2.10. The fourth-order valence-electron chi connectivity index (χ4n) is 2.45. The molecule has 0 spiro atoms. The zero-order valence-electron chi connectivity index (χ0n) is 14.6. The van der Waals surface area contributed by atoms with E-state index in [2.05, 4.69) is 15.6 Å². The minimum atomic E-state index is 0.671. The number of rotatable bonds is 11. The number of nitrogens with zero attached hydrogens (tertiary/aromatic N) is 1. The molecular weight excluding hydrogens is 330 g/mol. The summed E-state index contributed by atoms with van der Waals surface area (Å²) in [5.41, 5.74) is 0.963. The third-order valence-electron chi connectivity index (χ3n) is 3.81. The molecule has 5 heteroatoms. The molecule has 0 aliphatic carbocycles. The highest BCUT2D eigenvalue weighted by Crippen LogP contribution is 2.10. The van der Waals surface area contributed by atoms with Crippen LogP contribution >= 0.6 is 12.2 Å². The first-order valence-corrected chi connectivity index (χ1v) is 9.38. The monoisotopic (exact) mass is 357 g/mol. The molecule has 1 heterocycles. The molecule has 0 amide bonds. The molecule has 0 atom stereocenters. The second-order valence-electron chi connectivity index (χ2n) is 5.90. The van der Waals surface area contributed by atoms with Crippen LogP contribution in [0.3, 0.4) is 0 Å². The highest BCUT2D eigenvalue weighted by atomic mass is 32.1. The summed E-state index contributed by atoms with van der Waals surface area (Å²) in [6.45, 7) is 1.72. The Morgan fingerprint density at radius 1 is 0.880 bits per heavy atom. The third kappa shape index (κ3) is 9.05. The topological polar surface area (TPSA) is 46.2 Å². The molecule has 0 aliphatic rings. The van der Waals surface area contributed by atoms with Gasteiger partial charge in [-0.3, -0.25) is 4.98 Å². The van der Waals surface area contributed by atoms with Gasteiger partial charge in [-0.1, -0.05) is 43.9 Å². The molecule has 2 N–H and O–H groups in total. The molecule has 0 aliphatic heterocycles. The van der Waals surface area contributed by atoms with Crippen LogP contribution < -0.4 is 15.4 Å². The van der Waals surface area contributed by atoms with Crippen LogP contribution in [0.1, 0.15) is 38.5 Å². The van der Waals surface area contributed by atoms with Crippen molar-refractivity contribution in [2.45, 2.75) is 38.5 Å². The minimum absolute atomic E-state index is 0.671. The Kier molecular flexibility index (Phi) is 9.41. The molecule has 0 saturated carbocycles. The number of unbranched alkanes of at least 4 members (excludes halogenated alkanes) is 5. The highest BCUT2D eigenvalue weighted by molar-refractivity contribution is 7.80. The minimum Gasteiger partial charge on any atom is -0.494 e. The van der Waals surface area contributed by atoms with Gasteiger partial charge in [0.25, 0.3) is 0 Å². The van der Waals surface area contributed by atoms with Crippen LogP contribution in [0.25, 0.3) is 0 Å². The highest BCUT2D eigenvalue weighted by Gasteiger charge is 1.97. The second kappa shape index (κ2) is 12.3. The van der Waals surface area contributed by atoms with E-state index in [1.807, 2.05) is 42.5 Å². The lowest BCUT2D eigenvalue weighted by Crippen LogP contribution is -2.29. The summed E-state index contributed by atoms with van der Waals surface area (Å²) >= 11 is 5.27. The van der Waals surface area contributed by atoms with Crippen LogP contribution in [0.15, 0.2) is 54.9 Å². The number of ether oxygens (including phenoxy) is 1. The van der Waals surface area contributed by atoms with Crippen LogP contribution in [0.4, 0.5) is 5.69 Å². The van der Waals surface area contributed by atoms with Gasteiger partial charge < -0.3 is 15.4 Å². The molecule has 2 rings (SSSR count). The smallest absolute Gasteiger partial charge is 0.170 e. The number of hydrogen-bond acceptors (Lipinski definition) is 3. The van der Waals surface area contributed by atoms with Gasteiger partial charge in [0.05, 0.1) is 6.61 Å². The zero-order valence-corrected chi connectivity index (χ0v) is 15.4. The van der Waals surface area contributed by atoms with Crippen molar-refractivity contribution in [1.82, 2.24) is 10.3 Å². The average Bonchev–Trinajstić information content (AvgIpc) is 2.65. The van der Waals surface area contributed by atoms with Gasteiger partial charge in [-0.25, -0.2) is 0 Å². The molecule has 0 saturated heterocycles. The molecule has 4 nitrogen and oxygen atoms in total. The van der Waals surface area contributed by atoms with Crippen molar-refractivity contribution in [3.05, 3.63) is 54.9 Å². The molecule has 2 aromatic rings. The summed E-state index contributed by atoms with van der Waals surface area (Å²) in [5, 5.41) is 7.06. The van der Waals surface area contributed by atoms with Gasteiger partial charge in [0.2, 0.25) is 0 Å². The van der Waals surface area contributed by atoms with E-state index in [-0.39, 0.29) is 0 Å². The first-order valence-electron chi connectivity index (χ1n) is 8.97. The van der Waals surface area contributed by atoms with Crippen molar-refractivity contribution >= 4 is 23.0 Å². The molecule has 0 fully saturated rings. The summed E-state index contributed by atoms with van der Waals surface area (Å²) in [6, 6.07) is 13.8. The van der Waals surface area contributed by atoms with Gasteiger partial charge in [-0.15, -0.1) is 0 Å².